The number of halogens is 2. The molecule has 0 spiro atoms. The number of hydrogen-bond donors (Lipinski definition) is 1. The summed E-state index contributed by atoms with van der Waals surface area (Å²) in [5, 5.41) is 3.37. The van der Waals surface area contributed by atoms with Crippen LogP contribution >= 0.6 is 46.3 Å². The Kier molecular flexibility index (Phi) is 4.45. The predicted molar refractivity (Wildman–Crippen MR) is 91.1 cm³/mol. The number of thioether (sulfide) groups is 1. The smallest absolute Gasteiger partial charge is 0.265 e. The minimum absolute atomic E-state index is 0.145. The summed E-state index contributed by atoms with van der Waals surface area (Å²) < 4.78 is 0. The number of hydrogen-bond acceptors (Lipinski definition) is 4. The minimum Gasteiger partial charge on any atom is -0.318 e. The van der Waals surface area contributed by atoms with Gasteiger partial charge in [0.2, 0.25) is 0 Å². The van der Waals surface area contributed by atoms with Crippen LogP contribution in [0.4, 0.5) is 5.69 Å². The molecule has 0 saturated carbocycles. The van der Waals surface area contributed by atoms with Crippen LogP contribution in [0.5, 0.6) is 0 Å². The van der Waals surface area contributed by atoms with E-state index in [1.54, 1.807) is 17.4 Å². The number of amides is 1. The molecule has 0 bridgehead atoms. The van der Waals surface area contributed by atoms with E-state index in [0.29, 0.717) is 15.7 Å². The Morgan fingerprint density at radius 1 is 1.38 bits per heavy atom. The third-order valence-corrected chi connectivity index (χ3v) is 5.94. The number of anilines is 1. The van der Waals surface area contributed by atoms with Crippen LogP contribution in [0.2, 0.25) is 10.3 Å². The van der Waals surface area contributed by atoms with Gasteiger partial charge in [-0.25, -0.2) is 4.98 Å². The van der Waals surface area contributed by atoms with Crippen LogP contribution in [-0.2, 0) is 12.2 Å². The first-order valence-corrected chi connectivity index (χ1v) is 9.10. The number of aromatic nitrogens is 1. The van der Waals surface area contributed by atoms with Crippen LogP contribution < -0.4 is 5.32 Å². The lowest BCUT2D eigenvalue weighted by Crippen LogP contribution is -2.12. The zero-order chi connectivity index (χ0) is 15.0. The number of pyridine rings is 1. The van der Waals surface area contributed by atoms with Crippen LogP contribution in [0.25, 0.3) is 0 Å². The van der Waals surface area contributed by atoms with Crippen LogP contribution in [-0.4, -0.2) is 16.6 Å². The Bertz CT molecular complexity index is 668. The lowest BCUT2D eigenvalue weighted by Gasteiger charge is -2.09. The molecule has 110 valence electrons. The summed E-state index contributed by atoms with van der Waals surface area (Å²) in [5.41, 5.74) is 2.59. The van der Waals surface area contributed by atoms with Gasteiger partial charge in [-0.1, -0.05) is 23.2 Å². The second-order valence-corrected chi connectivity index (χ2v) is 7.73. The number of carbonyl (C=O) groups is 1. The lowest BCUT2D eigenvalue weighted by molar-refractivity contribution is 0.103. The van der Waals surface area contributed by atoms with Gasteiger partial charge in [-0.3, -0.25) is 4.79 Å². The van der Waals surface area contributed by atoms with Crippen LogP contribution in [0.15, 0.2) is 12.1 Å². The van der Waals surface area contributed by atoms with E-state index < -0.39 is 0 Å². The average molecular weight is 359 g/mol. The highest BCUT2D eigenvalue weighted by atomic mass is 35.5. The van der Waals surface area contributed by atoms with Crippen molar-refractivity contribution in [1.29, 1.82) is 0 Å². The molecule has 2 aromatic rings. The van der Waals surface area contributed by atoms with Gasteiger partial charge < -0.3 is 5.32 Å². The van der Waals surface area contributed by atoms with E-state index in [-0.39, 0.29) is 11.1 Å². The fourth-order valence-corrected chi connectivity index (χ4v) is 5.03. The van der Waals surface area contributed by atoms with E-state index >= 15 is 0 Å². The molecule has 0 radical (unpaired) electrons. The molecule has 2 aromatic heterocycles. The maximum absolute atomic E-state index is 12.4. The number of carbonyl (C=O) groups excluding carboxylic acids is 1. The summed E-state index contributed by atoms with van der Waals surface area (Å²) in [4.78, 5) is 18.4. The average Bonchev–Trinajstić information content (AvgIpc) is 2.86. The van der Waals surface area contributed by atoms with Crippen LogP contribution in [0.1, 0.15) is 25.7 Å². The Hall–Kier alpha value is -0.750. The molecule has 0 aliphatic carbocycles. The van der Waals surface area contributed by atoms with Gasteiger partial charge in [-0.15, -0.1) is 11.3 Å². The van der Waals surface area contributed by atoms with Gasteiger partial charge in [0.15, 0.2) is 5.15 Å². The molecule has 1 amide bonds. The summed E-state index contributed by atoms with van der Waals surface area (Å²) in [7, 11) is 0. The molecule has 3 nitrogen and oxygen atoms in total. The van der Waals surface area contributed by atoms with Gasteiger partial charge in [0.1, 0.15) is 5.15 Å². The van der Waals surface area contributed by atoms with Crippen LogP contribution in [0, 0.1) is 6.92 Å². The molecule has 7 heteroatoms. The van der Waals surface area contributed by atoms with Gasteiger partial charge >= 0.3 is 0 Å². The van der Waals surface area contributed by atoms with Gasteiger partial charge in [0.25, 0.3) is 5.91 Å². The number of nitrogens with one attached hydrogen (secondary N) is 1. The predicted octanol–water partition coefficient (Wildman–Crippen LogP) is 4.80. The normalized spacial score (nSPS) is 13.9. The van der Waals surface area contributed by atoms with E-state index in [1.165, 1.54) is 10.4 Å². The topological polar surface area (TPSA) is 42.0 Å². The van der Waals surface area contributed by atoms with Gasteiger partial charge in [-0.05, 0) is 42.4 Å². The number of rotatable bonds is 2. The maximum Gasteiger partial charge on any atom is 0.265 e. The summed E-state index contributed by atoms with van der Waals surface area (Å²) in [6.07, 6.45) is 1.04. The fraction of sp³-hybridized carbons (Fsp3) is 0.286. The monoisotopic (exact) mass is 358 g/mol. The largest absolute Gasteiger partial charge is 0.318 e. The first kappa shape index (κ1) is 15.2. The highest BCUT2D eigenvalue weighted by molar-refractivity contribution is 7.98. The van der Waals surface area contributed by atoms with E-state index in [0.717, 1.165) is 23.5 Å². The van der Waals surface area contributed by atoms with Crippen molar-refractivity contribution in [2.45, 2.75) is 19.1 Å². The van der Waals surface area contributed by atoms with Crippen LogP contribution in [0.3, 0.4) is 0 Å². The molecule has 3 heterocycles. The number of nitrogens with zero attached hydrogens (tertiary/aromatic N) is 1. The number of fused-ring (bicyclic) bond motifs is 1. The molecule has 1 N–H and O–H groups in total. The van der Waals surface area contributed by atoms with Gasteiger partial charge in [-0.2, -0.15) is 11.8 Å². The molecule has 0 saturated heterocycles. The highest BCUT2D eigenvalue weighted by Gasteiger charge is 2.19. The fourth-order valence-electron chi connectivity index (χ4n) is 2.18. The van der Waals surface area contributed by atoms with Crippen molar-refractivity contribution in [3.8, 4) is 0 Å². The SMILES string of the molecule is Cc1cc(Cl)nc(Cl)c1NC(=O)c1cc2c(s1)CCSC2. The first-order valence-electron chi connectivity index (χ1n) is 6.38. The molecule has 1 aliphatic rings. The molecule has 0 fully saturated rings. The summed E-state index contributed by atoms with van der Waals surface area (Å²) >= 11 is 15.4. The number of aryl methyl sites for hydroxylation is 2. The van der Waals surface area contributed by atoms with Gasteiger partial charge in [0, 0.05) is 10.6 Å². The summed E-state index contributed by atoms with van der Waals surface area (Å²) in [5.74, 6) is 1.97. The Morgan fingerprint density at radius 3 is 2.90 bits per heavy atom. The van der Waals surface area contributed by atoms with E-state index in [1.807, 2.05) is 24.8 Å². The zero-order valence-corrected chi connectivity index (χ0v) is 14.3. The van der Waals surface area contributed by atoms with Crippen molar-refractivity contribution in [3.05, 3.63) is 43.3 Å². The zero-order valence-electron chi connectivity index (χ0n) is 11.2. The second-order valence-electron chi connectivity index (χ2n) is 4.74. The van der Waals surface area contributed by atoms with Gasteiger partial charge in [0.05, 0.1) is 10.6 Å². The van der Waals surface area contributed by atoms with Crippen molar-refractivity contribution < 1.29 is 4.79 Å². The standard InChI is InChI=1S/C14H12Cl2N2OS2/c1-7-4-11(15)17-13(16)12(7)18-14(19)10-5-8-6-20-3-2-9(8)21-10/h4-5H,2-3,6H2,1H3,(H,18,19). The third-order valence-electron chi connectivity index (χ3n) is 3.23. The minimum atomic E-state index is -0.145. The molecule has 0 unspecified atom stereocenters. The number of thiophene rings is 1. The summed E-state index contributed by atoms with van der Waals surface area (Å²) in [6, 6.07) is 3.66. The molecule has 0 atom stereocenters. The van der Waals surface area contributed by atoms with Crippen molar-refractivity contribution in [2.24, 2.45) is 0 Å². The van der Waals surface area contributed by atoms with E-state index in [2.05, 4.69) is 10.3 Å². The van der Waals surface area contributed by atoms with Crippen molar-refractivity contribution in [3.63, 3.8) is 0 Å². The molecule has 0 aromatic carbocycles. The van der Waals surface area contributed by atoms with E-state index in [4.69, 9.17) is 23.2 Å². The van der Waals surface area contributed by atoms with E-state index in [9.17, 15) is 4.79 Å². The third kappa shape index (κ3) is 3.21. The first-order chi connectivity index (χ1) is 10.0. The Labute approximate surface area is 141 Å². The molecule has 1 aliphatic heterocycles. The molecular formula is C14H12Cl2N2OS2. The molecular weight excluding hydrogens is 347 g/mol. The lowest BCUT2D eigenvalue weighted by atomic mass is 10.2. The highest BCUT2D eigenvalue weighted by Crippen LogP contribution is 2.33. The van der Waals surface area contributed by atoms with Crippen molar-refractivity contribution in [2.75, 3.05) is 11.1 Å². The quantitative estimate of drug-likeness (QED) is 0.783. The molecule has 3 rings (SSSR count). The Morgan fingerprint density at radius 2 is 2.19 bits per heavy atom. The molecule has 21 heavy (non-hydrogen) atoms. The van der Waals surface area contributed by atoms with Crippen molar-refractivity contribution in [1.82, 2.24) is 4.98 Å². The summed E-state index contributed by atoms with van der Waals surface area (Å²) in [6.45, 7) is 1.84. The Balaban J connectivity index is 1.85. The second kappa shape index (κ2) is 6.16. The maximum atomic E-state index is 12.4. The van der Waals surface area contributed by atoms with Crippen molar-refractivity contribution >= 4 is 57.9 Å².